The Hall–Kier alpha value is -2.22. The minimum atomic E-state index is -3.55. The molecule has 0 saturated carbocycles. The highest BCUT2D eigenvalue weighted by Crippen LogP contribution is 2.18. The van der Waals surface area contributed by atoms with Crippen LogP contribution in [-0.4, -0.2) is 57.3 Å². The summed E-state index contributed by atoms with van der Waals surface area (Å²) in [5.41, 5.74) is 1.41. The lowest BCUT2D eigenvalue weighted by Crippen LogP contribution is -2.30. The van der Waals surface area contributed by atoms with Gasteiger partial charge in [-0.25, -0.2) is 8.42 Å². The van der Waals surface area contributed by atoms with Crippen LogP contribution in [0.1, 0.15) is 29.3 Å². The van der Waals surface area contributed by atoms with Crippen molar-refractivity contribution in [3.8, 4) is 0 Å². The number of sulfonamides is 1. The molecule has 0 aliphatic rings. The van der Waals surface area contributed by atoms with E-state index in [4.69, 9.17) is 0 Å². The third-order valence-corrected chi connectivity index (χ3v) is 6.31. The monoisotopic (exact) mass is 403 g/mol. The van der Waals surface area contributed by atoms with Gasteiger partial charge in [-0.05, 0) is 56.9 Å². The molecule has 0 aliphatic heterocycles. The molecule has 0 spiro atoms. The van der Waals surface area contributed by atoms with Crippen LogP contribution in [0.2, 0.25) is 0 Å². The number of nitrogens with zero attached hydrogens (tertiary/aromatic N) is 2. The van der Waals surface area contributed by atoms with Crippen LogP contribution in [0.25, 0.3) is 0 Å². The molecule has 0 heterocycles. The third kappa shape index (κ3) is 6.15. The molecule has 6 nitrogen and oxygen atoms in total. The van der Waals surface area contributed by atoms with Crippen LogP contribution in [0.4, 0.5) is 0 Å². The molecule has 0 unspecified atom stereocenters. The molecule has 152 valence electrons. The summed E-state index contributed by atoms with van der Waals surface area (Å²) in [5.74, 6) is -0.116. The van der Waals surface area contributed by atoms with Gasteiger partial charge in [-0.1, -0.05) is 37.3 Å². The summed E-state index contributed by atoms with van der Waals surface area (Å²) in [7, 11) is 0.449. The molecular formula is C21H29N3O3S. The van der Waals surface area contributed by atoms with Gasteiger partial charge in [0.2, 0.25) is 10.0 Å². The van der Waals surface area contributed by atoms with Crippen molar-refractivity contribution in [3.63, 3.8) is 0 Å². The lowest BCUT2D eigenvalue weighted by Gasteiger charge is -2.20. The van der Waals surface area contributed by atoms with E-state index in [1.165, 1.54) is 4.31 Å². The second kappa shape index (κ2) is 10.4. The van der Waals surface area contributed by atoms with E-state index >= 15 is 0 Å². The predicted octanol–water partition coefficient (Wildman–Crippen LogP) is 2.58. The average Bonchev–Trinajstić information content (AvgIpc) is 2.70. The number of amides is 1. The number of hydrogen-bond acceptors (Lipinski definition) is 4. The number of rotatable bonds is 10. The Morgan fingerprint density at radius 3 is 2.21 bits per heavy atom. The van der Waals surface area contributed by atoms with Crippen molar-refractivity contribution in [2.45, 2.75) is 24.8 Å². The normalized spacial score (nSPS) is 11.8. The molecule has 0 aromatic heterocycles. The first-order chi connectivity index (χ1) is 13.3. The summed E-state index contributed by atoms with van der Waals surface area (Å²) in [6.07, 6.45) is 0.889. The predicted molar refractivity (Wildman–Crippen MR) is 112 cm³/mol. The topological polar surface area (TPSA) is 69.7 Å². The average molecular weight is 404 g/mol. The zero-order chi connectivity index (χ0) is 20.6. The van der Waals surface area contributed by atoms with Crippen LogP contribution < -0.4 is 5.32 Å². The minimum Gasteiger partial charge on any atom is -0.352 e. The fraction of sp³-hybridized carbons (Fsp3) is 0.381. The van der Waals surface area contributed by atoms with Crippen molar-refractivity contribution in [3.05, 3.63) is 65.7 Å². The number of benzene rings is 2. The van der Waals surface area contributed by atoms with E-state index in [0.717, 1.165) is 18.5 Å². The highest BCUT2D eigenvalue weighted by Gasteiger charge is 2.22. The van der Waals surface area contributed by atoms with Crippen LogP contribution in [0.15, 0.2) is 59.5 Å². The zero-order valence-corrected chi connectivity index (χ0v) is 17.6. The van der Waals surface area contributed by atoms with Gasteiger partial charge in [-0.3, -0.25) is 4.79 Å². The molecule has 0 saturated heterocycles. The molecule has 28 heavy (non-hydrogen) atoms. The summed E-state index contributed by atoms with van der Waals surface area (Å²) in [6, 6.07) is 15.5. The number of carbonyl (C=O) groups excluding carboxylic acids is 1. The highest BCUT2D eigenvalue weighted by molar-refractivity contribution is 7.89. The van der Waals surface area contributed by atoms with E-state index in [-0.39, 0.29) is 17.3 Å². The Balaban J connectivity index is 1.99. The van der Waals surface area contributed by atoms with Gasteiger partial charge < -0.3 is 10.2 Å². The van der Waals surface area contributed by atoms with E-state index in [0.29, 0.717) is 18.7 Å². The Kier molecular flexibility index (Phi) is 8.17. The van der Waals surface area contributed by atoms with Gasteiger partial charge in [-0.2, -0.15) is 4.31 Å². The first kappa shape index (κ1) is 22.1. The van der Waals surface area contributed by atoms with Gasteiger partial charge in [0, 0.05) is 25.2 Å². The van der Waals surface area contributed by atoms with Crippen molar-refractivity contribution >= 4 is 15.9 Å². The van der Waals surface area contributed by atoms with E-state index in [9.17, 15) is 13.2 Å². The van der Waals surface area contributed by atoms with Crippen molar-refractivity contribution in [2.75, 3.05) is 33.7 Å². The molecule has 2 rings (SSSR count). The van der Waals surface area contributed by atoms with Gasteiger partial charge in [0.15, 0.2) is 0 Å². The van der Waals surface area contributed by atoms with Gasteiger partial charge in [0.25, 0.3) is 5.91 Å². The summed E-state index contributed by atoms with van der Waals surface area (Å²) in [4.78, 5) is 14.5. The Morgan fingerprint density at radius 1 is 1.00 bits per heavy atom. The van der Waals surface area contributed by atoms with Crippen molar-refractivity contribution < 1.29 is 13.2 Å². The fourth-order valence-electron chi connectivity index (χ4n) is 2.77. The number of hydrogen-bond donors (Lipinski definition) is 1. The third-order valence-electron chi connectivity index (χ3n) is 4.38. The Bertz CT molecular complexity index is 850. The van der Waals surface area contributed by atoms with E-state index in [2.05, 4.69) is 10.2 Å². The standard InChI is InChI=1S/C21H29N3O3S/c1-4-24(28(26,27)20-9-6-5-7-10-20)17-18-11-13-19(14-12-18)21(25)22-15-8-16-23(2)3/h5-7,9-14H,4,8,15-17H2,1-3H3,(H,22,25). The lowest BCUT2D eigenvalue weighted by atomic mass is 10.1. The summed E-state index contributed by atoms with van der Waals surface area (Å²) in [5, 5.41) is 2.90. The largest absolute Gasteiger partial charge is 0.352 e. The molecule has 2 aromatic carbocycles. The molecule has 0 atom stereocenters. The van der Waals surface area contributed by atoms with E-state index < -0.39 is 10.0 Å². The summed E-state index contributed by atoms with van der Waals surface area (Å²) < 4.78 is 27.0. The molecular weight excluding hydrogens is 374 g/mol. The van der Waals surface area contributed by atoms with Gasteiger partial charge >= 0.3 is 0 Å². The first-order valence-electron chi connectivity index (χ1n) is 9.41. The highest BCUT2D eigenvalue weighted by atomic mass is 32.2. The summed E-state index contributed by atoms with van der Waals surface area (Å²) >= 11 is 0. The Labute approximate surface area is 168 Å². The quantitative estimate of drug-likeness (QED) is 0.619. The molecule has 1 amide bonds. The molecule has 0 aliphatic carbocycles. The lowest BCUT2D eigenvalue weighted by molar-refractivity contribution is 0.0952. The molecule has 0 radical (unpaired) electrons. The van der Waals surface area contributed by atoms with Crippen molar-refractivity contribution in [1.82, 2.24) is 14.5 Å². The maximum absolute atomic E-state index is 12.8. The zero-order valence-electron chi connectivity index (χ0n) is 16.8. The molecule has 0 bridgehead atoms. The van der Waals surface area contributed by atoms with Gasteiger partial charge in [0.05, 0.1) is 4.90 Å². The van der Waals surface area contributed by atoms with Crippen LogP contribution in [0, 0.1) is 0 Å². The molecule has 7 heteroatoms. The summed E-state index contributed by atoms with van der Waals surface area (Å²) in [6.45, 7) is 3.99. The van der Waals surface area contributed by atoms with Crippen LogP contribution in [0.3, 0.4) is 0 Å². The SMILES string of the molecule is CCN(Cc1ccc(C(=O)NCCCN(C)C)cc1)S(=O)(=O)c1ccccc1. The number of nitrogens with one attached hydrogen (secondary N) is 1. The maximum atomic E-state index is 12.8. The van der Waals surface area contributed by atoms with Crippen LogP contribution in [-0.2, 0) is 16.6 Å². The van der Waals surface area contributed by atoms with Crippen LogP contribution in [0.5, 0.6) is 0 Å². The maximum Gasteiger partial charge on any atom is 0.251 e. The fourth-order valence-corrected chi connectivity index (χ4v) is 4.23. The van der Waals surface area contributed by atoms with E-state index in [1.807, 2.05) is 21.0 Å². The second-order valence-electron chi connectivity index (χ2n) is 6.85. The van der Waals surface area contributed by atoms with Gasteiger partial charge in [-0.15, -0.1) is 0 Å². The first-order valence-corrected chi connectivity index (χ1v) is 10.9. The Morgan fingerprint density at radius 2 is 1.64 bits per heavy atom. The molecule has 0 fully saturated rings. The van der Waals surface area contributed by atoms with Crippen molar-refractivity contribution in [1.29, 1.82) is 0 Å². The second-order valence-corrected chi connectivity index (χ2v) is 8.79. The minimum absolute atomic E-state index is 0.116. The van der Waals surface area contributed by atoms with E-state index in [1.54, 1.807) is 54.6 Å². The smallest absolute Gasteiger partial charge is 0.251 e. The van der Waals surface area contributed by atoms with Gasteiger partial charge in [0.1, 0.15) is 0 Å². The van der Waals surface area contributed by atoms with Crippen LogP contribution >= 0.6 is 0 Å². The number of carbonyl (C=O) groups is 1. The van der Waals surface area contributed by atoms with Crippen molar-refractivity contribution in [2.24, 2.45) is 0 Å². The molecule has 1 N–H and O–H groups in total. The molecule has 2 aromatic rings.